The summed E-state index contributed by atoms with van der Waals surface area (Å²) >= 11 is -1.62. The van der Waals surface area contributed by atoms with E-state index in [1.54, 1.807) is 0 Å². The van der Waals surface area contributed by atoms with Crippen LogP contribution >= 0.6 is 0 Å². The van der Waals surface area contributed by atoms with E-state index in [9.17, 15) is 4.21 Å². The predicted octanol–water partition coefficient (Wildman–Crippen LogP) is 2.21. The van der Waals surface area contributed by atoms with Crippen LogP contribution in [0.15, 0.2) is 42.5 Å². The van der Waals surface area contributed by atoms with E-state index >= 15 is 0 Å². The molecule has 94 valence electrons. The Hall–Kier alpha value is -1.43. The van der Waals surface area contributed by atoms with Gasteiger partial charge < -0.3 is 4.74 Å². The average molecular weight is 264 g/mol. The molecule has 1 saturated heterocycles. The Morgan fingerprint density at radius 3 is 2.89 bits per heavy atom. The molecule has 0 bridgehead atoms. The Morgan fingerprint density at radius 2 is 2.06 bits per heavy atom. The topological polar surface area (TPSA) is 44.8 Å². The zero-order chi connectivity index (χ0) is 12.4. The minimum Gasteiger partial charge on any atom is -0.490 e. The van der Waals surface area contributed by atoms with E-state index in [-0.39, 0.29) is 6.10 Å². The molecule has 0 aromatic heterocycles. The number of hydrogen-bond acceptors (Lipinski definition) is 4. The van der Waals surface area contributed by atoms with Gasteiger partial charge in [0.05, 0.1) is 6.61 Å². The third-order valence-corrected chi connectivity index (χ3v) is 3.50. The van der Waals surface area contributed by atoms with Crippen LogP contribution in [0.25, 0.3) is 10.8 Å². The fourth-order valence-corrected chi connectivity index (χ4v) is 2.53. The Bertz CT molecular complexity index is 579. The Morgan fingerprint density at radius 1 is 1.22 bits per heavy atom. The molecule has 1 heterocycles. The van der Waals surface area contributed by atoms with E-state index in [0.29, 0.717) is 13.2 Å². The number of ether oxygens (including phenoxy) is 1. The third-order valence-electron chi connectivity index (χ3n) is 2.74. The van der Waals surface area contributed by atoms with Gasteiger partial charge in [0, 0.05) is 5.39 Å². The highest BCUT2D eigenvalue weighted by Crippen LogP contribution is 2.25. The summed E-state index contributed by atoms with van der Waals surface area (Å²) in [6.45, 7) is 0.636. The normalized spacial score (nSPS) is 23.3. The van der Waals surface area contributed by atoms with Crippen LogP contribution in [0, 0.1) is 0 Å². The van der Waals surface area contributed by atoms with Crippen LogP contribution in [0.5, 0.6) is 5.75 Å². The molecule has 0 radical (unpaired) electrons. The van der Waals surface area contributed by atoms with Gasteiger partial charge in [-0.25, -0.2) is 0 Å². The summed E-state index contributed by atoms with van der Waals surface area (Å²) in [7, 11) is 0. The first-order valence-electron chi connectivity index (χ1n) is 5.66. The van der Waals surface area contributed by atoms with E-state index in [1.165, 1.54) is 0 Å². The fourth-order valence-electron chi connectivity index (χ4n) is 1.88. The quantitative estimate of drug-likeness (QED) is 0.852. The van der Waals surface area contributed by atoms with Gasteiger partial charge in [-0.05, 0) is 11.5 Å². The van der Waals surface area contributed by atoms with Crippen LogP contribution in [-0.4, -0.2) is 23.5 Å². The molecule has 0 amide bonds. The molecular weight excluding hydrogens is 252 g/mol. The van der Waals surface area contributed by atoms with E-state index in [2.05, 4.69) is 0 Å². The van der Waals surface area contributed by atoms with E-state index in [4.69, 9.17) is 13.1 Å². The second-order valence-corrected chi connectivity index (χ2v) is 4.83. The minimum atomic E-state index is -1.62. The standard InChI is InChI=1S/C13H12O4S/c14-18-16-9-11(17-18)8-15-13-7-3-5-10-4-1-2-6-12(10)13/h1-7,11H,8-9H2. The Kier molecular flexibility index (Phi) is 3.27. The van der Waals surface area contributed by atoms with E-state index < -0.39 is 11.4 Å². The maximum absolute atomic E-state index is 10.9. The summed E-state index contributed by atoms with van der Waals surface area (Å²) in [5, 5.41) is 2.18. The zero-order valence-corrected chi connectivity index (χ0v) is 10.4. The maximum Gasteiger partial charge on any atom is 0.305 e. The van der Waals surface area contributed by atoms with Gasteiger partial charge in [-0.1, -0.05) is 36.4 Å². The lowest BCUT2D eigenvalue weighted by atomic mass is 10.1. The van der Waals surface area contributed by atoms with Crippen LogP contribution in [0.1, 0.15) is 0 Å². The molecule has 0 N–H and O–H groups in total. The molecule has 2 unspecified atom stereocenters. The van der Waals surface area contributed by atoms with Gasteiger partial charge >= 0.3 is 11.4 Å². The van der Waals surface area contributed by atoms with Crippen molar-refractivity contribution in [3.8, 4) is 5.75 Å². The Labute approximate surface area is 107 Å². The first kappa shape index (κ1) is 11.6. The third kappa shape index (κ3) is 2.38. The highest BCUT2D eigenvalue weighted by atomic mass is 32.2. The van der Waals surface area contributed by atoms with E-state index in [1.807, 2.05) is 42.5 Å². The summed E-state index contributed by atoms with van der Waals surface area (Å²) in [5.74, 6) is 0.800. The summed E-state index contributed by atoms with van der Waals surface area (Å²) in [4.78, 5) is 0. The number of fused-ring (bicyclic) bond motifs is 1. The molecule has 0 spiro atoms. The second kappa shape index (κ2) is 5.06. The van der Waals surface area contributed by atoms with Gasteiger partial charge in [0.1, 0.15) is 18.5 Å². The molecular formula is C13H12O4S. The fraction of sp³-hybridized carbons (Fsp3) is 0.231. The number of hydrogen-bond donors (Lipinski definition) is 0. The molecule has 1 aliphatic rings. The molecule has 0 saturated carbocycles. The van der Waals surface area contributed by atoms with Crippen LogP contribution in [0.4, 0.5) is 0 Å². The van der Waals surface area contributed by atoms with Crippen molar-refractivity contribution >= 4 is 22.1 Å². The van der Waals surface area contributed by atoms with Gasteiger partial charge in [0.15, 0.2) is 0 Å². The second-order valence-electron chi connectivity index (χ2n) is 4.00. The lowest BCUT2D eigenvalue weighted by Crippen LogP contribution is -2.19. The number of benzene rings is 2. The summed E-state index contributed by atoms with van der Waals surface area (Å²) in [6.07, 6.45) is -0.273. The summed E-state index contributed by atoms with van der Waals surface area (Å²) < 4.78 is 26.4. The van der Waals surface area contributed by atoms with Crippen LogP contribution in [0.3, 0.4) is 0 Å². The minimum absolute atomic E-state index is 0.273. The molecule has 1 fully saturated rings. The highest BCUT2D eigenvalue weighted by Gasteiger charge is 2.24. The highest BCUT2D eigenvalue weighted by molar-refractivity contribution is 7.75. The van der Waals surface area contributed by atoms with Crippen LogP contribution in [-0.2, 0) is 19.7 Å². The lowest BCUT2D eigenvalue weighted by Gasteiger charge is -2.11. The molecule has 3 rings (SSSR count). The largest absolute Gasteiger partial charge is 0.490 e. The van der Waals surface area contributed by atoms with Gasteiger partial charge in [-0.2, -0.15) is 4.21 Å². The van der Waals surface area contributed by atoms with Gasteiger partial charge in [-0.15, -0.1) is 0 Å². The smallest absolute Gasteiger partial charge is 0.305 e. The van der Waals surface area contributed by atoms with Crippen molar-refractivity contribution in [3.63, 3.8) is 0 Å². The summed E-state index contributed by atoms with van der Waals surface area (Å²) in [6, 6.07) is 13.9. The van der Waals surface area contributed by atoms with Gasteiger partial charge in [0.2, 0.25) is 0 Å². The number of rotatable bonds is 3. The molecule has 1 aliphatic heterocycles. The van der Waals surface area contributed by atoms with Crippen molar-refractivity contribution < 1.29 is 17.3 Å². The SMILES string of the molecule is O=S1OCC(COc2cccc3ccccc23)O1. The van der Waals surface area contributed by atoms with Crippen molar-refractivity contribution in [2.45, 2.75) is 6.10 Å². The van der Waals surface area contributed by atoms with Gasteiger partial charge in [0.25, 0.3) is 0 Å². The molecule has 2 atom stereocenters. The monoisotopic (exact) mass is 264 g/mol. The molecule has 2 aromatic carbocycles. The maximum atomic E-state index is 10.9. The molecule has 4 nitrogen and oxygen atoms in total. The van der Waals surface area contributed by atoms with Crippen molar-refractivity contribution in [3.05, 3.63) is 42.5 Å². The van der Waals surface area contributed by atoms with E-state index in [0.717, 1.165) is 16.5 Å². The van der Waals surface area contributed by atoms with Crippen LogP contribution < -0.4 is 4.74 Å². The first-order chi connectivity index (χ1) is 8.83. The predicted molar refractivity (Wildman–Crippen MR) is 68.4 cm³/mol. The molecule has 5 heteroatoms. The van der Waals surface area contributed by atoms with Crippen molar-refractivity contribution in [2.24, 2.45) is 0 Å². The van der Waals surface area contributed by atoms with Crippen molar-refractivity contribution in [1.82, 2.24) is 0 Å². The zero-order valence-electron chi connectivity index (χ0n) is 9.57. The average Bonchev–Trinajstić information content (AvgIpc) is 2.82. The van der Waals surface area contributed by atoms with Crippen LogP contribution in [0.2, 0.25) is 0 Å². The summed E-state index contributed by atoms with van der Waals surface area (Å²) in [5.41, 5.74) is 0. The van der Waals surface area contributed by atoms with Crippen molar-refractivity contribution in [1.29, 1.82) is 0 Å². The molecule has 2 aromatic rings. The molecule has 18 heavy (non-hydrogen) atoms. The Balaban J connectivity index is 1.76. The first-order valence-corrected chi connectivity index (χ1v) is 6.66. The van der Waals surface area contributed by atoms with Gasteiger partial charge in [-0.3, -0.25) is 8.37 Å². The van der Waals surface area contributed by atoms with Crippen molar-refractivity contribution in [2.75, 3.05) is 13.2 Å². The lowest BCUT2D eigenvalue weighted by molar-refractivity contribution is 0.152. The molecule has 0 aliphatic carbocycles.